The van der Waals surface area contributed by atoms with Gasteiger partial charge in [0.05, 0.1) is 139 Å². The van der Waals surface area contributed by atoms with Crippen molar-refractivity contribution in [1.82, 2.24) is 19.8 Å². The molecule has 4 atom stereocenters. The van der Waals surface area contributed by atoms with Crippen LogP contribution in [0.2, 0.25) is 0 Å². The first-order chi connectivity index (χ1) is 45.9. The summed E-state index contributed by atoms with van der Waals surface area (Å²) in [6.07, 6.45) is 2.74. The number of aliphatic hydroxyl groups is 4. The zero-order valence-corrected chi connectivity index (χ0v) is 57.8. The highest BCUT2D eigenvalue weighted by Crippen LogP contribution is 2.32. The standard InChI is InChI=1S/C64H80N6O14S4.2O3S/c1-3-49(71)12-9-13-50(72)42-83-35-31-70(28-26-46-38-59-63(85-60-19-6-4-17-54(60)67-59)41-57(46)66-47-11-8-16-53(39-47)87(75,76)77)32-36-84-44-52(74)15-10-14-51(73)43-82-34-30-69(29-33-81-2)27-25-45-21-24-61-58(37-45)68-55-23-22-48(40-62(55)86-61)65-56-18-5-7-20-64(56)88(78,79)80;2*1-4(2)3/h4-8,11,16-24,37-41,49-52,71-74H,3,9-10,12-15,25-36,42-44H2,1-2H3,(H,75,76,77)(H,78,79,80);;. The summed E-state index contributed by atoms with van der Waals surface area (Å²) >= 11 is 3.14. The Balaban J connectivity index is 0.00000172. The van der Waals surface area contributed by atoms with E-state index in [0.29, 0.717) is 127 Å². The molecule has 0 saturated carbocycles. The molecule has 4 aliphatic rings. The molecule has 0 amide bonds. The Bertz CT molecular complexity index is 4280. The third-order valence-corrected chi connectivity index (χ3v) is 18.9. The van der Waals surface area contributed by atoms with Crippen LogP contribution in [0, 0.1) is 0 Å². The largest absolute Gasteiger partial charge is 0.425 e. The Morgan fingerprint density at radius 2 is 1.07 bits per heavy atom. The predicted molar refractivity (Wildman–Crippen MR) is 361 cm³/mol. The lowest BCUT2D eigenvalue weighted by Crippen LogP contribution is -2.34. The molecule has 6 N–H and O–H groups in total. The summed E-state index contributed by atoms with van der Waals surface area (Å²) in [5.41, 5.74) is 5.78. The van der Waals surface area contributed by atoms with Gasteiger partial charge in [-0.1, -0.05) is 43.3 Å². The van der Waals surface area contributed by atoms with Gasteiger partial charge in [-0.05, 0) is 154 Å². The van der Waals surface area contributed by atoms with Crippen molar-refractivity contribution in [3.63, 3.8) is 0 Å². The minimum Gasteiger partial charge on any atom is -0.393 e. The number of methoxy groups -OCH3 is 1. The van der Waals surface area contributed by atoms with Crippen molar-refractivity contribution in [3.05, 3.63) is 143 Å². The van der Waals surface area contributed by atoms with Crippen molar-refractivity contribution in [3.8, 4) is 21.1 Å². The quantitative estimate of drug-likeness (QED) is 0.0140. The van der Waals surface area contributed by atoms with Gasteiger partial charge in [-0.25, -0.2) is 20.0 Å². The fraction of sp³-hybridized carbons (Fsp3) is 0.438. The van der Waals surface area contributed by atoms with Crippen LogP contribution < -0.4 is 10.7 Å². The van der Waals surface area contributed by atoms with Crippen molar-refractivity contribution in [2.75, 3.05) is 92.6 Å². The number of hydrogen-bond acceptors (Lipinski definition) is 26. The summed E-state index contributed by atoms with van der Waals surface area (Å²) in [4.78, 5) is 24.9. The van der Waals surface area contributed by atoms with Crippen LogP contribution >= 0.6 is 22.7 Å². The molecule has 0 saturated heterocycles. The molecule has 2 heterocycles. The van der Waals surface area contributed by atoms with E-state index in [1.165, 1.54) is 36.4 Å². The van der Waals surface area contributed by atoms with E-state index in [0.717, 1.165) is 65.7 Å². The van der Waals surface area contributed by atoms with Crippen LogP contribution in [-0.4, -0.2) is 208 Å². The smallest absolute Gasteiger partial charge is 0.393 e. The van der Waals surface area contributed by atoms with Crippen LogP contribution in [0.1, 0.15) is 63.0 Å². The Morgan fingerprint density at radius 3 is 1.67 bits per heavy atom. The molecule has 8 rings (SSSR count). The van der Waals surface area contributed by atoms with Gasteiger partial charge in [0.2, 0.25) is 0 Å². The van der Waals surface area contributed by atoms with Crippen LogP contribution in [0.25, 0.3) is 41.6 Å². The second-order valence-electron chi connectivity index (χ2n) is 22.1. The zero-order chi connectivity index (χ0) is 69.6. The Hall–Kier alpha value is -6.38. The molecule has 0 spiro atoms. The summed E-state index contributed by atoms with van der Waals surface area (Å²) in [5.74, 6) is 0. The molecular formula is C64H80N6O20S6. The van der Waals surface area contributed by atoms with E-state index in [1.54, 1.807) is 48.0 Å². The van der Waals surface area contributed by atoms with E-state index in [-0.39, 0.29) is 41.4 Å². The van der Waals surface area contributed by atoms with E-state index in [2.05, 4.69) is 33.0 Å². The second kappa shape index (κ2) is 40.5. The van der Waals surface area contributed by atoms with Crippen molar-refractivity contribution >= 4 is 95.9 Å². The van der Waals surface area contributed by atoms with Gasteiger partial charge >= 0.3 is 21.2 Å². The maximum Gasteiger partial charge on any atom is 0.425 e. The highest BCUT2D eigenvalue weighted by molar-refractivity contribution is 7.86. The number of para-hydroxylation sites is 2. The van der Waals surface area contributed by atoms with Gasteiger partial charge < -0.3 is 39.4 Å². The lowest BCUT2D eigenvalue weighted by atomic mass is 10.1. The maximum absolute atomic E-state index is 12.0. The molecule has 0 fully saturated rings. The summed E-state index contributed by atoms with van der Waals surface area (Å²) in [7, 11) is -13.5. The molecule has 0 radical (unpaired) electrons. The van der Waals surface area contributed by atoms with Crippen molar-refractivity contribution in [2.45, 2.75) is 98.9 Å². The van der Waals surface area contributed by atoms with Gasteiger partial charge in [0.15, 0.2) is 0 Å². The predicted octanol–water partition coefficient (Wildman–Crippen LogP) is 6.35. The van der Waals surface area contributed by atoms with Gasteiger partial charge in [-0.15, -0.1) is 47.9 Å². The van der Waals surface area contributed by atoms with Crippen molar-refractivity contribution in [2.24, 2.45) is 9.98 Å². The first-order valence-corrected chi connectivity index (χ1v) is 37.2. The van der Waals surface area contributed by atoms with Gasteiger partial charge in [0.25, 0.3) is 20.2 Å². The average molecular weight is 1450 g/mol. The summed E-state index contributed by atoms with van der Waals surface area (Å²) in [6, 6.07) is 35.4. The Kier molecular flexibility index (Phi) is 33.2. The summed E-state index contributed by atoms with van der Waals surface area (Å²) < 4.78 is 143. The molecule has 2 aliphatic heterocycles. The molecule has 26 nitrogen and oxygen atoms in total. The lowest BCUT2D eigenvalue weighted by Gasteiger charge is -2.23. The fourth-order valence-corrected chi connectivity index (χ4v) is 13.0. The maximum atomic E-state index is 12.0. The fourth-order valence-electron chi connectivity index (χ4n) is 9.93. The zero-order valence-electron chi connectivity index (χ0n) is 52.9. The molecule has 4 unspecified atom stereocenters. The molecule has 4 aromatic rings. The van der Waals surface area contributed by atoms with Crippen LogP contribution in [0.4, 0.5) is 11.4 Å². The van der Waals surface area contributed by atoms with Crippen LogP contribution in [-0.2, 0) is 73.2 Å². The molecule has 522 valence electrons. The highest BCUT2D eigenvalue weighted by Gasteiger charge is 2.19. The number of hydrogen-bond donors (Lipinski definition) is 6. The van der Waals surface area contributed by atoms with Crippen LogP contribution in [0.5, 0.6) is 0 Å². The number of rotatable bonds is 37. The number of aliphatic hydroxyl groups excluding tert-OH is 4. The second-order valence-corrected chi connectivity index (χ2v) is 27.9. The van der Waals surface area contributed by atoms with Gasteiger partial charge in [0, 0.05) is 46.4 Å². The van der Waals surface area contributed by atoms with Crippen molar-refractivity contribution < 1.29 is 90.6 Å². The van der Waals surface area contributed by atoms with Crippen LogP contribution in [0.15, 0.2) is 141 Å². The lowest BCUT2D eigenvalue weighted by molar-refractivity contribution is 0.00322. The van der Waals surface area contributed by atoms with E-state index < -0.39 is 59.8 Å². The Morgan fingerprint density at radius 1 is 0.531 bits per heavy atom. The monoisotopic (exact) mass is 1440 g/mol. The number of nitrogens with zero attached hydrogens (tertiary/aromatic N) is 6. The number of benzene rings is 6. The number of ether oxygens (including phenoxy) is 4. The number of aromatic nitrogens is 2. The highest BCUT2D eigenvalue weighted by atomic mass is 32.2. The topological polar surface area (TPSA) is 386 Å². The number of fused-ring (bicyclic) bond motifs is 4. The normalized spacial score (nSPS) is 13.6. The molecule has 0 aromatic heterocycles. The summed E-state index contributed by atoms with van der Waals surface area (Å²) in [5, 5.41) is 43.4. The molecule has 2 aliphatic carbocycles. The molecule has 96 heavy (non-hydrogen) atoms. The van der Waals surface area contributed by atoms with E-state index in [1.807, 2.05) is 55.5 Å². The van der Waals surface area contributed by atoms with Gasteiger partial charge in [0.1, 0.15) is 4.90 Å². The van der Waals surface area contributed by atoms with Gasteiger partial charge in [-0.3, -0.25) is 18.9 Å². The van der Waals surface area contributed by atoms with E-state index in [9.17, 15) is 46.4 Å². The molecular weight excluding hydrogens is 1370 g/mol. The first kappa shape index (κ1) is 78.6. The Labute approximate surface area is 568 Å². The molecule has 0 bridgehead atoms. The average Bonchev–Trinajstić information content (AvgIpc) is 0.757. The SMILES string of the molecule is CCC(O)CCCC(O)COCCN(CCOCC(O)CCCC(O)COCCN(CCOC)CCc1ccc2sc3cc(=Nc4ccccc4S(=O)(=O)O)ccc-3nc2c1)CCc1cc2nc3ccccc3sc-2cc1=Nc1cccc(S(=O)(=O)O)c1.O=S(=O)=O.O=S(=O)=O. The van der Waals surface area contributed by atoms with Crippen molar-refractivity contribution in [1.29, 1.82) is 0 Å². The summed E-state index contributed by atoms with van der Waals surface area (Å²) in [6.45, 7) is 7.60. The molecule has 32 heteroatoms. The van der Waals surface area contributed by atoms with E-state index >= 15 is 0 Å². The minimum absolute atomic E-state index is 0.108. The minimum atomic E-state index is -4.46. The third kappa shape index (κ3) is 28.2. The van der Waals surface area contributed by atoms with E-state index in [4.69, 9.17) is 59.2 Å². The third-order valence-electron chi connectivity index (χ3n) is 14.9. The van der Waals surface area contributed by atoms with Gasteiger partial charge in [-0.2, -0.15) is 16.8 Å². The van der Waals surface area contributed by atoms with Crippen LogP contribution in [0.3, 0.4) is 0 Å². The first-order valence-electron chi connectivity index (χ1n) is 30.7. The molecule has 4 aromatic carbocycles.